The molecule has 1 aromatic carbocycles. The van der Waals surface area contributed by atoms with Crippen molar-refractivity contribution in [1.29, 1.82) is 0 Å². The number of phenols is 1. The quantitative estimate of drug-likeness (QED) is 0.683. The second-order valence-electron chi connectivity index (χ2n) is 2.50. The Hall–Kier alpha value is -0.580. The fourth-order valence-electron chi connectivity index (χ4n) is 1.02. The normalized spacial score (nSPS) is 10.2. The van der Waals surface area contributed by atoms with Crippen molar-refractivity contribution in [2.75, 3.05) is 0 Å². The fourth-order valence-corrected chi connectivity index (χ4v) is 1.39. The zero-order valence-electron chi connectivity index (χ0n) is 6.63. The van der Waals surface area contributed by atoms with Crippen molar-refractivity contribution < 1.29 is 10.3 Å². The third kappa shape index (κ3) is 1.77. The van der Waals surface area contributed by atoms with E-state index in [0.717, 1.165) is 10.0 Å². The molecule has 0 aromatic heterocycles. The van der Waals surface area contributed by atoms with Gasteiger partial charge in [0.15, 0.2) is 0 Å². The van der Waals surface area contributed by atoms with Crippen LogP contribution in [0.15, 0.2) is 16.6 Å². The minimum absolute atomic E-state index is 0.192. The number of hydrogen-bond acceptors (Lipinski definition) is 3. The Balaban J connectivity index is 3.14. The van der Waals surface area contributed by atoms with Crippen LogP contribution in [0, 0.1) is 6.92 Å². The van der Waals surface area contributed by atoms with Crippen LogP contribution < -0.4 is 5.48 Å². The monoisotopic (exact) mass is 231 g/mol. The van der Waals surface area contributed by atoms with Gasteiger partial charge in [-0.2, -0.15) is 0 Å². The average molecular weight is 232 g/mol. The van der Waals surface area contributed by atoms with Crippen LogP contribution in [-0.2, 0) is 6.54 Å². The molecule has 0 aliphatic carbocycles. The summed E-state index contributed by atoms with van der Waals surface area (Å²) in [5.41, 5.74) is 3.64. The lowest BCUT2D eigenvalue weighted by Gasteiger charge is -2.08. The summed E-state index contributed by atoms with van der Waals surface area (Å²) in [6.07, 6.45) is 0. The number of benzene rings is 1. The summed E-state index contributed by atoms with van der Waals surface area (Å²) in [5.74, 6) is 0.192. The Morgan fingerprint density at radius 3 is 2.75 bits per heavy atom. The van der Waals surface area contributed by atoms with E-state index in [-0.39, 0.29) is 12.3 Å². The summed E-state index contributed by atoms with van der Waals surface area (Å²) in [4.78, 5) is 0. The molecule has 0 fully saturated rings. The van der Waals surface area contributed by atoms with Gasteiger partial charge >= 0.3 is 0 Å². The molecule has 0 atom stereocenters. The minimum Gasteiger partial charge on any atom is -0.508 e. The lowest BCUT2D eigenvalue weighted by molar-refractivity contribution is 0.160. The van der Waals surface area contributed by atoms with Crippen LogP contribution in [0.4, 0.5) is 0 Å². The summed E-state index contributed by atoms with van der Waals surface area (Å²) >= 11 is 3.33. The largest absolute Gasteiger partial charge is 0.508 e. The van der Waals surface area contributed by atoms with Gasteiger partial charge in [-0.3, -0.25) is 0 Å². The Morgan fingerprint density at radius 2 is 2.17 bits per heavy atom. The van der Waals surface area contributed by atoms with Crippen molar-refractivity contribution in [3.05, 3.63) is 27.7 Å². The van der Waals surface area contributed by atoms with Gasteiger partial charge in [-0.25, -0.2) is 5.48 Å². The van der Waals surface area contributed by atoms with Crippen LogP contribution in [0.1, 0.15) is 11.1 Å². The van der Waals surface area contributed by atoms with Gasteiger partial charge < -0.3 is 10.3 Å². The summed E-state index contributed by atoms with van der Waals surface area (Å²) in [6.45, 7) is 2.12. The van der Waals surface area contributed by atoms with E-state index in [1.54, 1.807) is 12.1 Å². The number of rotatable bonds is 2. The van der Waals surface area contributed by atoms with Crippen molar-refractivity contribution in [3.8, 4) is 5.75 Å². The Kier molecular flexibility index (Phi) is 3.08. The maximum atomic E-state index is 9.37. The molecule has 4 heteroatoms. The molecule has 3 nitrogen and oxygen atoms in total. The smallest absolute Gasteiger partial charge is 0.120 e. The molecule has 0 spiro atoms. The van der Waals surface area contributed by atoms with Crippen molar-refractivity contribution in [3.63, 3.8) is 0 Å². The van der Waals surface area contributed by atoms with Crippen LogP contribution in [0.5, 0.6) is 5.75 Å². The first-order valence-corrected chi connectivity index (χ1v) is 4.30. The van der Waals surface area contributed by atoms with Gasteiger partial charge in [0.25, 0.3) is 0 Å². The number of aromatic hydroxyl groups is 1. The van der Waals surface area contributed by atoms with E-state index >= 15 is 0 Å². The molecule has 1 aromatic rings. The SMILES string of the molecule is Cc1c(Br)ccc(O)c1CNO. The average Bonchev–Trinajstić information content (AvgIpc) is 2.06. The highest BCUT2D eigenvalue weighted by Crippen LogP contribution is 2.26. The minimum atomic E-state index is 0.192. The van der Waals surface area contributed by atoms with Crippen LogP contribution in [-0.4, -0.2) is 10.3 Å². The molecule has 0 aliphatic heterocycles. The molecule has 0 saturated heterocycles. The van der Waals surface area contributed by atoms with Gasteiger partial charge in [-0.1, -0.05) is 15.9 Å². The maximum absolute atomic E-state index is 9.37. The molecule has 0 heterocycles. The van der Waals surface area contributed by atoms with E-state index in [2.05, 4.69) is 15.9 Å². The number of hydroxylamine groups is 1. The highest BCUT2D eigenvalue weighted by atomic mass is 79.9. The molecule has 0 unspecified atom stereocenters. The second kappa shape index (κ2) is 3.89. The summed E-state index contributed by atoms with van der Waals surface area (Å²) < 4.78 is 0.922. The highest BCUT2D eigenvalue weighted by Gasteiger charge is 2.06. The van der Waals surface area contributed by atoms with Gasteiger partial charge in [-0.05, 0) is 24.6 Å². The molecule has 66 valence electrons. The van der Waals surface area contributed by atoms with Crippen LogP contribution >= 0.6 is 15.9 Å². The molecular weight excluding hydrogens is 222 g/mol. The van der Waals surface area contributed by atoms with E-state index < -0.39 is 0 Å². The first-order valence-electron chi connectivity index (χ1n) is 3.50. The molecule has 12 heavy (non-hydrogen) atoms. The van der Waals surface area contributed by atoms with Crippen LogP contribution in [0.25, 0.3) is 0 Å². The van der Waals surface area contributed by atoms with E-state index in [9.17, 15) is 5.11 Å². The number of halogens is 1. The molecule has 3 N–H and O–H groups in total. The van der Waals surface area contributed by atoms with Crippen molar-refractivity contribution in [1.82, 2.24) is 5.48 Å². The molecule has 1 rings (SSSR count). The molecule has 0 amide bonds. The van der Waals surface area contributed by atoms with E-state index in [4.69, 9.17) is 5.21 Å². The zero-order valence-corrected chi connectivity index (χ0v) is 8.22. The maximum Gasteiger partial charge on any atom is 0.120 e. The van der Waals surface area contributed by atoms with Crippen molar-refractivity contribution in [2.24, 2.45) is 0 Å². The first-order chi connectivity index (χ1) is 5.66. The van der Waals surface area contributed by atoms with Gasteiger partial charge in [0.2, 0.25) is 0 Å². The molecule has 0 aliphatic rings. The third-order valence-electron chi connectivity index (χ3n) is 1.76. The highest BCUT2D eigenvalue weighted by molar-refractivity contribution is 9.10. The van der Waals surface area contributed by atoms with Crippen LogP contribution in [0.3, 0.4) is 0 Å². The third-order valence-corrected chi connectivity index (χ3v) is 2.62. The topological polar surface area (TPSA) is 52.5 Å². The lowest BCUT2D eigenvalue weighted by atomic mass is 10.1. The Labute approximate surface area is 79.1 Å². The summed E-state index contributed by atoms with van der Waals surface area (Å²) in [5, 5.41) is 17.9. The number of nitrogens with one attached hydrogen (secondary N) is 1. The summed E-state index contributed by atoms with van der Waals surface area (Å²) in [7, 11) is 0. The Morgan fingerprint density at radius 1 is 1.50 bits per heavy atom. The molecule has 0 saturated carbocycles. The van der Waals surface area contributed by atoms with E-state index in [1.165, 1.54) is 0 Å². The van der Waals surface area contributed by atoms with Crippen molar-refractivity contribution in [2.45, 2.75) is 13.5 Å². The predicted molar refractivity (Wildman–Crippen MR) is 49.2 cm³/mol. The van der Waals surface area contributed by atoms with E-state index in [0.29, 0.717) is 5.56 Å². The Bertz CT molecular complexity index is 289. The second-order valence-corrected chi connectivity index (χ2v) is 3.36. The van der Waals surface area contributed by atoms with Crippen LogP contribution in [0.2, 0.25) is 0 Å². The van der Waals surface area contributed by atoms with E-state index in [1.807, 2.05) is 12.4 Å². The van der Waals surface area contributed by atoms with Gasteiger partial charge in [-0.15, -0.1) is 0 Å². The molecule has 0 radical (unpaired) electrons. The van der Waals surface area contributed by atoms with Gasteiger partial charge in [0.1, 0.15) is 5.75 Å². The van der Waals surface area contributed by atoms with Gasteiger partial charge in [0, 0.05) is 16.6 Å². The number of hydrogen-bond donors (Lipinski definition) is 3. The standard InChI is InChI=1S/C8H10BrNO2/c1-5-6(4-10-12)8(11)3-2-7(5)9/h2-3,10-12H,4H2,1H3. The first kappa shape index (κ1) is 9.51. The lowest BCUT2D eigenvalue weighted by Crippen LogP contribution is -2.07. The van der Waals surface area contributed by atoms with Gasteiger partial charge in [0.05, 0.1) is 0 Å². The predicted octanol–water partition coefficient (Wildman–Crippen LogP) is 1.94. The van der Waals surface area contributed by atoms with Crippen molar-refractivity contribution >= 4 is 15.9 Å². The molecule has 0 bridgehead atoms. The summed E-state index contributed by atoms with van der Waals surface area (Å²) in [6, 6.07) is 3.36. The number of phenolic OH excluding ortho intramolecular Hbond substituents is 1. The molecular formula is C8H10BrNO2. The fraction of sp³-hybridized carbons (Fsp3) is 0.250. The zero-order chi connectivity index (χ0) is 9.14.